The van der Waals surface area contributed by atoms with E-state index in [2.05, 4.69) is 0 Å². The van der Waals surface area contributed by atoms with Gasteiger partial charge < -0.3 is 9.47 Å². The van der Waals surface area contributed by atoms with Gasteiger partial charge in [0.1, 0.15) is 5.84 Å². The summed E-state index contributed by atoms with van der Waals surface area (Å²) in [6.07, 6.45) is 0. The quantitative estimate of drug-likeness (QED) is 0.902. The van der Waals surface area contributed by atoms with Crippen LogP contribution in [0, 0.1) is 11.2 Å². The molecule has 0 saturated carbocycles. The summed E-state index contributed by atoms with van der Waals surface area (Å²) < 4.78 is 24.2. The third-order valence-corrected chi connectivity index (χ3v) is 2.91. The van der Waals surface area contributed by atoms with Crippen molar-refractivity contribution in [2.45, 2.75) is 13.5 Å². The first-order valence-corrected chi connectivity index (χ1v) is 5.31. The topological polar surface area (TPSA) is 62.6 Å². The van der Waals surface area contributed by atoms with Crippen LogP contribution in [0.3, 0.4) is 0 Å². The summed E-state index contributed by atoms with van der Waals surface area (Å²) in [5.41, 5.74) is 0.646. The van der Waals surface area contributed by atoms with Gasteiger partial charge in [-0.05, 0) is 11.6 Å². The average Bonchev–Trinajstić information content (AvgIpc) is 2.66. The first-order valence-electron chi connectivity index (χ1n) is 5.31. The summed E-state index contributed by atoms with van der Waals surface area (Å²) in [6.45, 7) is 1.52. The lowest BCUT2D eigenvalue weighted by atomic mass is 10.1. The highest BCUT2D eigenvalue weighted by atomic mass is 79.9. The summed E-state index contributed by atoms with van der Waals surface area (Å²) in [5.74, 6) is -0.900. The molecule has 7 heteroatoms. The molecule has 0 atom stereocenters. The summed E-state index contributed by atoms with van der Waals surface area (Å²) in [6, 6.07) is 1.59. The molecule has 0 aliphatic carbocycles. The van der Waals surface area contributed by atoms with Crippen molar-refractivity contribution in [3.63, 3.8) is 0 Å². The average molecular weight is 333 g/mol. The van der Waals surface area contributed by atoms with Gasteiger partial charge >= 0.3 is 0 Å². The Kier molecular flexibility index (Phi) is 4.52. The molecule has 1 aromatic carbocycles. The Morgan fingerprint density at radius 1 is 1.42 bits per heavy atom. The highest BCUT2D eigenvalue weighted by Crippen LogP contribution is 2.38. The van der Waals surface area contributed by atoms with E-state index in [-0.39, 0.29) is 52.3 Å². The number of nitrogens with one attached hydrogen (secondary N) is 1. The lowest BCUT2D eigenvalue weighted by Gasteiger charge is -2.12. The monoisotopic (exact) mass is 332 g/mol. The minimum atomic E-state index is -0.666. The van der Waals surface area contributed by atoms with Crippen LogP contribution in [0.5, 0.6) is 11.5 Å². The molecule has 19 heavy (non-hydrogen) atoms. The SMILES string of the molecule is Br.COc1cc2c(c(F)c1OC)C(=N)N(C(C)=O)C2. The van der Waals surface area contributed by atoms with Gasteiger partial charge in [-0.15, -0.1) is 17.0 Å². The molecule has 0 radical (unpaired) electrons. The number of hydrogen-bond acceptors (Lipinski definition) is 4. The Balaban J connectivity index is 0.00000180. The van der Waals surface area contributed by atoms with Crippen LogP contribution < -0.4 is 9.47 Å². The normalized spacial score (nSPS) is 12.8. The highest BCUT2D eigenvalue weighted by Gasteiger charge is 2.33. The Bertz CT molecular complexity index is 548. The van der Waals surface area contributed by atoms with Gasteiger partial charge in [0.15, 0.2) is 17.3 Å². The Labute approximate surface area is 120 Å². The van der Waals surface area contributed by atoms with Crippen molar-refractivity contribution >= 4 is 28.7 Å². The van der Waals surface area contributed by atoms with Crippen LogP contribution in [0.25, 0.3) is 0 Å². The number of methoxy groups -OCH3 is 2. The van der Waals surface area contributed by atoms with Crippen LogP contribution in [0.4, 0.5) is 4.39 Å². The number of amides is 1. The molecule has 5 nitrogen and oxygen atoms in total. The molecule has 1 heterocycles. The van der Waals surface area contributed by atoms with Crippen LogP contribution in [-0.2, 0) is 11.3 Å². The molecule has 0 spiro atoms. The third-order valence-electron chi connectivity index (χ3n) is 2.91. The highest BCUT2D eigenvalue weighted by molar-refractivity contribution is 8.93. The number of nitrogens with zero attached hydrogens (tertiary/aromatic N) is 1. The molecular formula is C12H14BrFN2O3. The lowest BCUT2D eigenvalue weighted by molar-refractivity contribution is -0.125. The molecule has 1 N–H and O–H groups in total. The predicted octanol–water partition coefficient (Wildman–Crippen LogP) is 2.11. The van der Waals surface area contributed by atoms with Crippen molar-refractivity contribution in [1.29, 1.82) is 5.41 Å². The number of halogens is 2. The summed E-state index contributed by atoms with van der Waals surface area (Å²) in [4.78, 5) is 12.5. The van der Waals surface area contributed by atoms with Crippen LogP contribution in [0.2, 0.25) is 0 Å². The molecule has 1 aliphatic heterocycles. The van der Waals surface area contributed by atoms with Crippen LogP contribution >= 0.6 is 17.0 Å². The summed E-state index contributed by atoms with van der Waals surface area (Å²) in [5, 5.41) is 7.83. The van der Waals surface area contributed by atoms with Gasteiger partial charge in [-0.2, -0.15) is 0 Å². The van der Waals surface area contributed by atoms with E-state index in [1.54, 1.807) is 6.07 Å². The first-order chi connectivity index (χ1) is 8.51. The van der Waals surface area contributed by atoms with Gasteiger partial charge in [0, 0.05) is 6.92 Å². The number of hydrogen-bond donors (Lipinski definition) is 1. The van der Waals surface area contributed by atoms with Gasteiger partial charge in [0.25, 0.3) is 0 Å². The fraction of sp³-hybridized carbons (Fsp3) is 0.333. The summed E-state index contributed by atoms with van der Waals surface area (Å²) in [7, 11) is 2.74. The van der Waals surface area contributed by atoms with E-state index in [4.69, 9.17) is 14.9 Å². The predicted molar refractivity (Wildman–Crippen MR) is 72.9 cm³/mol. The van der Waals surface area contributed by atoms with E-state index in [1.807, 2.05) is 0 Å². The molecule has 1 aliphatic rings. The minimum absolute atomic E-state index is 0. The van der Waals surface area contributed by atoms with Crippen molar-refractivity contribution in [2.75, 3.05) is 14.2 Å². The van der Waals surface area contributed by atoms with E-state index in [0.29, 0.717) is 5.56 Å². The molecule has 2 rings (SSSR count). The van der Waals surface area contributed by atoms with Crippen LogP contribution in [0.15, 0.2) is 6.07 Å². The van der Waals surface area contributed by atoms with Crippen molar-refractivity contribution in [3.05, 3.63) is 23.0 Å². The zero-order valence-electron chi connectivity index (χ0n) is 10.7. The molecule has 0 saturated heterocycles. The van der Waals surface area contributed by atoms with E-state index < -0.39 is 5.82 Å². The standard InChI is InChI=1S/C12H13FN2O3.BrH/c1-6(16)15-5-7-4-8(17-2)11(18-3)10(13)9(7)12(15)14;/h4,14H,5H2,1-3H3;1H. The molecular weight excluding hydrogens is 319 g/mol. The first kappa shape index (κ1) is 15.4. The zero-order chi connectivity index (χ0) is 13.4. The maximum absolute atomic E-state index is 14.2. The van der Waals surface area contributed by atoms with Gasteiger partial charge in [-0.3, -0.25) is 15.1 Å². The Hall–Kier alpha value is -1.63. The van der Waals surface area contributed by atoms with Crippen molar-refractivity contribution in [1.82, 2.24) is 4.90 Å². The fourth-order valence-electron chi connectivity index (χ4n) is 2.03. The van der Waals surface area contributed by atoms with Crippen molar-refractivity contribution in [2.24, 2.45) is 0 Å². The molecule has 1 amide bonds. The van der Waals surface area contributed by atoms with Crippen molar-refractivity contribution in [3.8, 4) is 11.5 Å². The maximum atomic E-state index is 14.2. The van der Waals surface area contributed by atoms with Gasteiger partial charge in [-0.1, -0.05) is 0 Å². The lowest BCUT2D eigenvalue weighted by Crippen LogP contribution is -2.28. The third kappa shape index (κ3) is 2.30. The van der Waals surface area contributed by atoms with E-state index in [1.165, 1.54) is 26.0 Å². The number of carbonyl (C=O) groups is 1. The van der Waals surface area contributed by atoms with Crippen LogP contribution in [0.1, 0.15) is 18.1 Å². The number of carbonyl (C=O) groups excluding carboxylic acids is 1. The number of ether oxygens (including phenoxy) is 2. The van der Waals surface area contributed by atoms with E-state index >= 15 is 0 Å². The van der Waals surface area contributed by atoms with E-state index in [9.17, 15) is 9.18 Å². The summed E-state index contributed by atoms with van der Waals surface area (Å²) >= 11 is 0. The van der Waals surface area contributed by atoms with Gasteiger partial charge in [0.2, 0.25) is 5.91 Å². The second-order valence-electron chi connectivity index (χ2n) is 3.91. The number of rotatable bonds is 2. The largest absolute Gasteiger partial charge is 0.493 e. The molecule has 0 fully saturated rings. The molecule has 0 unspecified atom stereocenters. The number of fused-ring (bicyclic) bond motifs is 1. The Morgan fingerprint density at radius 2 is 2.05 bits per heavy atom. The second kappa shape index (κ2) is 5.56. The fourth-order valence-corrected chi connectivity index (χ4v) is 2.03. The van der Waals surface area contributed by atoms with E-state index in [0.717, 1.165) is 0 Å². The minimum Gasteiger partial charge on any atom is -0.493 e. The molecule has 1 aromatic rings. The molecule has 104 valence electrons. The number of amidine groups is 1. The van der Waals surface area contributed by atoms with Gasteiger partial charge in [0.05, 0.1) is 26.3 Å². The molecule has 0 bridgehead atoms. The van der Waals surface area contributed by atoms with Crippen LogP contribution in [-0.4, -0.2) is 30.9 Å². The molecule has 0 aromatic heterocycles. The maximum Gasteiger partial charge on any atom is 0.225 e. The Morgan fingerprint density at radius 3 is 2.53 bits per heavy atom. The van der Waals surface area contributed by atoms with Gasteiger partial charge in [-0.25, -0.2) is 4.39 Å². The smallest absolute Gasteiger partial charge is 0.225 e. The second-order valence-corrected chi connectivity index (χ2v) is 3.91. The zero-order valence-corrected chi connectivity index (χ0v) is 12.5. The van der Waals surface area contributed by atoms with Crippen molar-refractivity contribution < 1.29 is 18.7 Å². The number of benzene rings is 1.